The zero-order valence-corrected chi connectivity index (χ0v) is 14.0. The summed E-state index contributed by atoms with van der Waals surface area (Å²) in [5.41, 5.74) is 3.20. The molecule has 0 saturated heterocycles. The predicted octanol–water partition coefficient (Wildman–Crippen LogP) is -1.17. The van der Waals surface area contributed by atoms with Gasteiger partial charge in [-0.25, -0.2) is 4.79 Å². The Bertz CT molecular complexity index is 702. The van der Waals surface area contributed by atoms with E-state index in [2.05, 4.69) is 35.6 Å². The van der Waals surface area contributed by atoms with Gasteiger partial charge in [-0.3, -0.25) is 0 Å². The number of nitrogens with zero attached hydrogens (tertiary/aromatic N) is 4. The van der Waals surface area contributed by atoms with Crippen LogP contribution in [0.3, 0.4) is 0 Å². The predicted molar refractivity (Wildman–Crippen MR) is 92.1 cm³/mol. The van der Waals surface area contributed by atoms with Crippen molar-refractivity contribution in [2.45, 2.75) is 29.7 Å². The van der Waals surface area contributed by atoms with E-state index >= 15 is 0 Å². The van der Waals surface area contributed by atoms with Gasteiger partial charge in [0, 0.05) is 22.9 Å². The monoisotopic (exact) mass is 306 g/mol. The molecule has 0 aliphatic heterocycles. The molecule has 0 aliphatic carbocycles. The first-order valence-electron chi connectivity index (χ1n) is 6.31. The lowest BCUT2D eigenvalue weighted by molar-refractivity contribution is 0.196. The molecule has 1 heterocycles. The minimum Gasteiger partial charge on any atom is -0.323 e. The molecule has 9 heteroatoms. The Morgan fingerprint density at radius 3 is 2.35 bits per heavy atom. The van der Waals surface area contributed by atoms with Crippen molar-refractivity contribution < 1.29 is 4.79 Å². The van der Waals surface area contributed by atoms with Crippen molar-refractivity contribution in [1.82, 2.24) is 19.9 Å². The van der Waals surface area contributed by atoms with Crippen LogP contribution in [-0.4, -0.2) is 54.7 Å². The number of amides is 1. The van der Waals surface area contributed by atoms with E-state index in [0.717, 1.165) is 15.8 Å². The van der Waals surface area contributed by atoms with Crippen molar-refractivity contribution in [3.8, 4) is 0 Å². The topological polar surface area (TPSA) is 51.0 Å². The van der Waals surface area contributed by atoms with Gasteiger partial charge >= 0.3 is 6.03 Å². The van der Waals surface area contributed by atoms with E-state index in [0.29, 0.717) is 15.9 Å². The Balaban J connectivity index is 2.72. The highest BCUT2D eigenvalue weighted by Crippen LogP contribution is 2.23. The van der Waals surface area contributed by atoms with Crippen molar-refractivity contribution in [1.29, 1.82) is 0 Å². The van der Waals surface area contributed by atoms with Crippen LogP contribution in [0.5, 0.6) is 0 Å². The average molecular weight is 306 g/mol. The SMILES string of the molecule is Bc1c(B)c(S)c2c(nnn2C(=O)N(C)C(C)C)c1S. The molecule has 2 aromatic rings. The number of benzene rings is 1. The second-order valence-corrected chi connectivity index (χ2v) is 6.03. The highest BCUT2D eigenvalue weighted by Gasteiger charge is 2.22. The third kappa shape index (κ3) is 2.22. The van der Waals surface area contributed by atoms with Crippen molar-refractivity contribution in [3.63, 3.8) is 0 Å². The van der Waals surface area contributed by atoms with E-state index < -0.39 is 0 Å². The van der Waals surface area contributed by atoms with Crippen LogP contribution in [-0.2, 0) is 0 Å². The first kappa shape index (κ1) is 15.3. The number of aromatic nitrogens is 3. The molecule has 2 rings (SSSR count). The van der Waals surface area contributed by atoms with E-state index in [1.165, 1.54) is 4.68 Å². The smallest absolute Gasteiger partial charge is 0.323 e. The van der Waals surface area contributed by atoms with Gasteiger partial charge in [-0.2, -0.15) is 4.68 Å². The summed E-state index contributed by atoms with van der Waals surface area (Å²) in [5, 5.41) is 8.06. The Labute approximate surface area is 130 Å². The van der Waals surface area contributed by atoms with Crippen LogP contribution in [0.25, 0.3) is 11.0 Å². The summed E-state index contributed by atoms with van der Waals surface area (Å²) in [4.78, 5) is 15.5. The zero-order chi connectivity index (χ0) is 15.2. The molecule has 0 unspecified atom stereocenters. The van der Waals surface area contributed by atoms with Gasteiger partial charge in [0.05, 0.1) is 0 Å². The third-order valence-corrected chi connectivity index (χ3v) is 4.74. The summed E-state index contributed by atoms with van der Waals surface area (Å²) in [7, 11) is 5.64. The quantitative estimate of drug-likeness (QED) is 0.516. The van der Waals surface area contributed by atoms with Crippen molar-refractivity contribution in [3.05, 3.63) is 0 Å². The van der Waals surface area contributed by atoms with Crippen LogP contribution >= 0.6 is 25.3 Å². The summed E-state index contributed by atoms with van der Waals surface area (Å²) < 4.78 is 1.30. The third-order valence-electron chi connectivity index (χ3n) is 3.65. The molecule has 1 aromatic carbocycles. The van der Waals surface area contributed by atoms with Gasteiger partial charge in [0.2, 0.25) is 0 Å². The molecule has 0 spiro atoms. The molecule has 20 heavy (non-hydrogen) atoms. The van der Waals surface area contributed by atoms with Gasteiger partial charge in [-0.1, -0.05) is 16.1 Å². The van der Waals surface area contributed by atoms with E-state index in [4.69, 9.17) is 0 Å². The van der Waals surface area contributed by atoms with Crippen LogP contribution < -0.4 is 10.9 Å². The number of fused-ring (bicyclic) bond motifs is 1. The van der Waals surface area contributed by atoms with E-state index in [9.17, 15) is 4.79 Å². The molecular weight excluding hydrogens is 290 g/mol. The first-order valence-corrected chi connectivity index (χ1v) is 7.20. The van der Waals surface area contributed by atoms with Gasteiger partial charge in [-0.15, -0.1) is 30.4 Å². The standard InChI is InChI=1S/C11H16B2N4OS2/c1-4(2)16(3)11(18)17-8-7(14-15-17)9(19)5(12)6(13)10(8)20/h4,19-20H,12-13H2,1-3H3. The minimum absolute atomic E-state index is 0.0761. The fourth-order valence-electron chi connectivity index (χ4n) is 1.87. The summed E-state index contributed by atoms with van der Waals surface area (Å²) in [6.07, 6.45) is 0. The highest BCUT2D eigenvalue weighted by molar-refractivity contribution is 7.81. The lowest BCUT2D eigenvalue weighted by Crippen LogP contribution is -2.37. The van der Waals surface area contributed by atoms with Crippen LogP contribution in [0.2, 0.25) is 0 Å². The number of hydrogen-bond donors (Lipinski definition) is 2. The molecule has 0 radical (unpaired) electrons. The molecule has 1 aromatic heterocycles. The van der Waals surface area contributed by atoms with E-state index in [-0.39, 0.29) is 12.1 Å². The Morgan fingerprint density at radius 1 is 1.25 bits per heavy atom. The highest BCUT2D eigenvalue weighted by atomic mass is 32.1. The van der Waals surface area contributed by atoms with E-state index in [1.54, 1.807) is 11.9 Å². The zero-order valence-electron chi connectivity index (χ0n) is 12.2. The molecule has 0 bridgehead atoms. The molecular formula is C11H16B2N4OS2. The Kier molecular flexibility index (Phi) is 4.11. The molecule has 0 N–H and O–H groups in total. The maximum atomic E-state index is 12.4. The van der Waals surface area contributed by atoms with Crippen LogP contribution in [0.15, 0.2) is 9.79 Å². The molecule has 5 nitrogen and oxygen atoms in total. The Hall–Kier alpha value is -1.08. The average Bonchev–Trinajstić information content (AvgIpc) is 2.85. The summed E-state index contributed by atoms with van der Waals surface area (Å²) in [5.74, 6) is 0. The normalized spacial score (nSPS) is 11.3. The van der Waals surface area contributed by atoms with Crippen LogP contribution in [0, 0.1) is 0 Å². The maximum Gasteiger partial charge on any atom is 0.346 e. The molecule has 0 aliphatic rings. The summed E-state index contributed by atoms with van der Waals surface area (Å²) in [6, 6.07) is -0.152. The lowest BCUT2D eigenvalue weighted by Gasteiger charge is -2.21. The second-order valence-electron chi connectivity index (χ2n) is 5.13. The lowest BCUT2D eigenvalue weighted by atomic mass is 9.80. The maximum absolute atomic E-state index is 12.4. The second kappa shape index (κ2) is 5.37. The molecule has 104 valence electrons. The van der Waals surface area contributed by atoms with Crippen molar-refractivity contribution in [2.75, 3.05) is 7.05 Å². The number of hydrogen-bond acceptors (Lipinski definition) is 5. The van der Waals surface area contributed by atoms with Gasteiger partial charge in [0.1, 0.15) is 26.7 Å². The molecule has 1 amide bonds. The fourth-order valence-corrected chi connectivity index (χ4v) is 2.56. The van der Waals surface area contributed by atoms with Gasteiger partial charge in [0.25, 0.3) is 0 Å². The minimum atomic E-state index is -0.228. The number of carbonyl (C=O) groups is 1. The fraction of sp³-hybridized carbons (Fsp3) is 0.364. The van der Waals surface area contributed by atoms with Gasteiger partial charge in [-0.05, 0) is 13.8 Å². The number of carbonyl (C=O) groups excluding carboxylic acids is 1. The van der Waals surface area contributed by atoms with Crippen LogP contribution in [0.4, 0.5) is 4.79 Å². The number of rotatable bonds is 1. The molecule has 0 fully saturated rings. The molecule has 0 atom stereocenters. The first-order chi connectivity index (χ1) is 9.27. The van der Waals surface area contributed by atoms with Crippen molar-refractivity contribution in [2.24, 2.45) is 0 Å². The summed E-state index contributed by atoms with van der Waals surface area (Å²) in [6.45, 7) is 3.89. The Morgan fingerprint density at radius 2 is 1.80 bits per heavy atom. The van der Waals surface area contributed by atoms with Gasteiger partial charge < -0.3 is 4.90 Å². The summed E-state index contributed by atoms with van der Waals surface area (Å²) >= 11 is 9.01. The molecule has 0 saturated carbocycles. The van der Waals surface area contributed by atoms with Crippen molar-refractivity contribution >= 4 is 68.9 Å². The van der Waals surface area contributed by atoms with Crippen LogP contribution in [0.1, 0.15) is 13.8 Å². The largest absolute Gasteiger partial charge is 0.346 e. The van der Waals surface area contributed by atoms with E-state index in [1.807, 2.05) is 29.5 Å². The number of thiol groups is 2. The van der Waals surface area contributed by atoms with Gasteiger partial charge in [0.15, 0.2) is 0 Å².